The molecule has 0 saturated carbocycles. The molecule has 1 amide bonds. The van der Waals surface area contributed by atoms with Gasteiger partial charge in [-0.25, -0.2) is 0 Å². The zero-order valence-corrected chi connectivity index (χ0v) is 13.2. The zero-order chi connectivity index (χ0) is 15.7. The second-order valence-corrected chi connectivity index (χ2v) is 5.43. The van der Waals surface area contributed by atoms with Crippen LogP contribution in [0.25, 0.3) is 0 Å². The number of ether oxygens (including phenoxy) is 1. The second kappa shape index (κ2) is 9.50. The standard InChI is InChI=1S/C16H27N3O2/c1-13(15(17)14-7-5-4-6-8-14)16(20)18-9-11-21-12-10-19(2)3/h4-8,13,15H,9-12,17H2,1-3H3,(H,18,20). The minimum atomic E-state index is -0.291. The number of amides is 1. The van der Waals surface area contributed by atoms with E-state index in [4.69, 9.17) is 10.5 Å². The van der Waals surface area contributed by atoms with Gasteiger partial charge in [-0.05, 0) is 19.7 Å². The number of likely N-dealkylation sites (N-methyl/N-ethyl adjacent to an activating group) is 1. The molecular formula is C16H27N3O2. The maximum Gasteiger partial charge on any atom is 0.224 e. The molecule has 5 nitrogen and oxygen atoms in total. The van der Waals surface area contributed by atoms with Gasteiger partial charge in [-0.1, -0.05) is 37.3 Å². The van der Waals surface area contributed by atoms with Gasteiger partial charge in [0.15, 0.2) is 0 Å². The van der Waals surface area contributed by atoms with E-state index in [-0.39, 0.29) is 17.9 Å². The number of hydrogen-bond donors (Lipinski definition) is 2. The number of nitrogens with two attached hydrogens (primary N) is 1. The van der Waals surface area contributed by atoms with E-state index < -0.39 is 0 Å². The van der Waals surface area contributed by atoms with Crippen molar-refractivity contribution in [3.05, 3.63) is 35.9 Å². The highest BCUT2D eigenvalue weighted by Crippen LogP contribution is 2.18. The second-order valence-electron chi connectivity index (χ2n) is 5.43. The van der Waals surface area contributed by atoms with Gasteiger partial charge in [0.05, 0.1) is 19.1 Å². The van der Waals surface area contributed by atoms with Gasteiger partial charge < -0.3 is 20.7 Å². The summed E-state index contributed by atoms with van der Waals surface area (Å²) in [7, 11) is 4.00. The van der Waals surface area contributed by atoms with Crippen molar-refractivity contribution in [3.63, 3.8) is 0 Å². The molecule has 1 aromatic rings. The molecule has 0 bridgehead atoms. The van der Waals surface area contributed by atoms with Crippen LogP contribution in [0.15, 0.2) is 30.3 Å². The molecule has 2 atom stereocenters. The molecule has 1 aromatic carbocycles. The Bertz CT molecular complexity index is 409. The van der Waals surface area contributed by atoms with Gasteiger partial charge in [0.2, 0.25) is 5.91 Å². The van der Waals surface area contributed by atoms with Gasteiger partial charge in [0, 0.05) is 19.1 Å². The first-order valence-corrected chi connectivity index (χ1v) is 7.33. The predicted molar refractivity (Wildman–Crippen MR) is 84.9 cm³/mol. The lowest BCUT2D eigenvalue weighted by Crippen LogP contribution is -2.37. The topological polar surface area (TPSA) is 67.6 Å². The fraction of sp³-hybridized carbons (Fsp3) is 0.562. The predicted octanol–water partition coefficient (Wildman–Crippen LogP) is 1.02. The number of hydrogen-bond acceptors (Lipinski definition) is 4. The average Bonchev–Trinajstić information content (AvgIpc) is 2.49. The van der Waals surface area contributed by atoms with E-state index in [1.807, 2.05) is 51.4 Å². The molecule has 118 valence electrons. The Balaban J connectivity index is 2.25. The highest BCUT2D eigenvalue weighted by Gasteiger charge is 2.21. The zero-order valence-electron chi connectivity index (χ0n) is 13.2. The molecule has 3 N–H and O–H groups in total. The quantitative estimate of drug-likeness (QED) is 0.667. The third kappa shape index (κ3) is 6.71. The van der Waals surface area contributed by atoms with Crippen LogP contribution in [0.4, 0.5) is 0 Å². The Morgan fingerprint density at radius 2 is 1.95 bits per heavy atom. The number of benzene rings is 1. The molecule has 0 heterocycles. The van der Waals surface area contributed by atoms with Crippen molar-refractivity contribution in [1.29, 1.82) is 0 Å². The Morgan fingerprint density at radius 1 is 1.29 bits per heavy atom. The highest BCUT2D eigenvalue weighted by molar-refractivity contribution is 5.79. The lowest BCUT2D eigenvalue weighted by molar-refractivity contribution is -0.125. The maximum atomic E-state index is 12.0. The van der Waals surface area contributed by atoms with Crippen LogP contribution in [-0.4, -0.2) is 51.2 Å². The first-order valence-electron chi connectivity index (χ1n) is 7.33. The summed E-state index contributed by atoms with van der Waals surface area (Å²) >= 11 is 0. The molecule has 0 fully saturated rings. The van der Waals surface area contributed by atoms with E-state index in [0.29, 0.717) is 19.8 Å². The van der Waals surface area contributed by atoms with Gasteiger partial charge in [0.25, 0.3) is 0 Å². The number of carbonyl (C=O) groups excluding carboxylic acids is 1. The normalized spacial score (nSPS) is 14.0. The van der Waals surface area contributed by atoms with Crippen LogP contribution in [0.1, 0.15) is 18.5 Å². The van der Waals surface area contributed by atoms with Crippen molar-refractivity contribution in [3.8, 4) is 0 Å². The van der Waals surface area contributed by atoms with Crippen LogP contribution in [0, 0.1) is 5.92 Å². The fourth-order valence-corrected chi connectivity index (χ4v) is 1.88. The summed E-state index contributed by atoms with van der Waals surface area (Å²) in [4.78, 5) is 14.1. The Hall–Kier alpha value is -1.43. The van der Waals surface area contributed by atoms with E-state index in [1.54, 1.807) is 0 Å². The summed E-state index contributed by atoms with van der Waals surface area (Å²) < 4.78 is 5.43. The third-order valence-electron chi connectivity index (χ3n) is 3.37. The van der Waals surface area contributed by atoms with Gasteiger partial charge >= 0.3 is 0 Å². The number of carbonyl (C=O) groups is 1. The first-order chi connectivity index (χ1) is 10.0. The Labute approximate surface area is 127 Å². The lowest BCUT2D eigenvalue weighted by Gasteiger charge is -2.20. The van der Waals surface area contributed by atoms with Crippen LogP contribution < -0.4 is 11.1 Å². The number of rotatable bonds is 9. The smallest absolute Gasteiger partial charge is 0.224 e. The van der Waals surface area contributed by atoms with Gasteiger partial charge in [-0.15, -0.1) is 0 Å². The molecule has 21 heavy (non-hydrogen) atoms. The summed E-state index contributed by atoms with van der Waals surface area (Å²) in [5.41, 5.74) is 7.10. The molecule has 0 saturated heterocycles. The van der Waals surface area contributed by atoms with Crippen molar-refractivity contribution in [2.75, 3.05) is 40.4 Å². The van der Waals surface area contributed by atoms with Crippen LogP contribution in [0.2, 0.25) is 0 Å². The van der Waals surface area contributed by atoms with Crippen molar-refractivity contribution < 1.29 is 9.53 Å². The minimum Gasteiger partial charge on any atom is -0.378 e. The molecular weight excluding hydrogens is 266 g/mol. The molecule has 0 aliphatic carbocycles. The first kappa shape index (κ1) is 17.6. The van der Waals surface area contributed by atoms with E-state index in [9.17, 15) is 4.79 Å². The fourth-order valence-electron chi connectivity index (χ4n) is 1.88. The molecule has 0 aliphatic rings. The van der Waals surface area contributed by atoms with Gasteiger partial charge in [-0.3, -0.25) is 4.79 Å². The van der Waals surface area contributed by atoms with Crippen molar-refractivity contribution in [1.82, 2.24) is 10.2 Å². The number of nitrogens with zero attached hydrogens (tertiary/aromatic N) is 1. The van der Waals surface area contributed by atoms with Gasteiger partial charge in [-0.2, -0.15) is 0 Å². The van der Waals surface area contributed by atoms with E-state index in [0.717, 1.165) is 12.1 Å². The van der Waals surface area contributed by atoms with Crippen LogP contribution in [0.5, 0.6) is 0 Å². The minimum absolute atomic E-state index is 0.0393. The van der Waals surface area contributed by atoms with E-state index in [1.165, 1.54) is 0 Å². The molecule has 2 unspecified atom stereocenters. The molecule has 5 heteroatoms. The number of nitrogens with one attached hydrogen (secondary N) is 1. The summed E-state index contributed by atoms with van der Waals surface area (Å²) in [6.07, 6.45) is 0. The molecule has 1 rings (SSSR count). The maximum absolute atomic E-state index is 12.0. The van der Waals surface area contributed by atoms with Crippen LogP contribution in [0.3, 0.4) is 0 Å². The Kier molecular flexibility index (Phi) is 7.97. The Morgan fingerprint density at radius 3 is 2.57 bits per heavy atom. The van der Waals surface area contributed by atoms with Crippen molar-refractivity contribution in [2.24, 2.45) is 11.7 Å². The largest absolute Gasteiger partial charge is 0.378 e. The van der Waals surface area contributed by atoms with E-state index in [2.05, 4.69) is 10.2 Å². The molecule has 0 aliphatic heterocycles. The van der Waals surface area contributed by atoms with E-state index >= 15 is 0 Å². The summed E-state index contributed by atoms with van der Waals surface area (Å²) in [6, 6.07) is 9.39. The molecule has 0 aromatic heterocycles. The van der Waals surface area contributed by atoms with Crippen LogP contribution >= 0.6 is 0 Å². The van der Waals surface area contributed by atoms with Crippen molar-refractivity contribution in [2.45, 2.75) is 13.0 Å². The third-order valence-corrected chi connectivity index (χ3v) is 3.37. The molecule has 0 radical (unpaired) electrons. The van der Waals surface area contributed by atoms with Crippen LogP contribution in [-0.2, 0) is 9.53 Å². The monoisotopic (exact) mass is 293 g/mol. The SMILES string of the molecule is CC(C(=O)NCCOCCN(C)C)C(N)c1ccccc1. The lowest BCUT2D eigenvalue weighted by atomic mass is 9.95. The average molecular weight is 293 g/mol. The van der Waals surface area contributed by atoms with Crippen molar-refractivity contribution >= 4 is 5.91 Å². The summed E-state index contributed by atoms with van der Waals surface area (Å²) in [6.45, 7) is 4.43. The summed E-state index contributed by atoms with van der Waals surface area (Å²) in [5, 5.41) is 2.86. The summed E-state index contributed by atoms with van der Waals surface area (Å²) in [5.74, 6) is -0.309. The molecule has 0 spiro atoms. The van der Waals surface area contributed by atoms with Gasteiger partial charge in [0.1, 0.15) is 0 Å². The highest BCUT2D eigenvalue weighted by atomic mass is 16.5.